The molecule has 0 bridgehead atoms. The van der Waals surface area contributed by atoms with Crippen molar-refractivity contribution in [2.24, 2.45) is 0 Å². The highest BCUT2D eigenvalue weighted by Crippen LogP contribution is 2.31. The highest BCUT2D eigenvalue weighted by atomic mass is 16.5. The molecule has 2 aliphatic heterocycles. The van der Waals surface area contributed by atoms with Gasteiger partial charge in [0.1, 0.15) is 12.6 Å². The first kappa shape index (κ1) is 12.8. The van der Waals surface area contributed by atoms with Gasteiger partial charge in [-0.2, -0.15) is 0 Å². The van der Waals surface area contributed by atoms with Crippen molar-refractivity contribution in [3.8, 4) is 5.75 Å². The third-order valence-electron chi connectivity index (χ3n) is 3.66. The zero-order chi connectivity index (χ0) is 14.1. The van der Waals surface area contributed by atoms with E-state index < -0.39 is 6.04 Å². The van der Waals surface area contributed by atoms with E-state index in [0.29, 0.717) is 30.9 Å². The Labute approximate surface area is 117 Å². The third-order valence-corrected chi connectivity index (χ3v) is 3.66. The maximum Gasteiger partial charge on any atom is 0.255 e. The summed E-state index contributed by atoms with van der Waals surface area (Å²) in [4.78, 5) is 25.8. The van der Waals surface area contributed by atoms with Crippen LogP contribution >= 0.6 is 0 Å². The number of fused-ring (bicyclic) bond motifs is 1. The summed E-state index contributed by atoms with van der Waals surface area (Å²) in [6.07, 6.45) is 0.648. The predicted molar refractivity (Wildman–Crippen MR) is 73.9 cm³/mol. The maximum atomic E-state index is 12.3. The van der Waals surface area contributed by atoms with Crippen LogP contribution in [0.15, 0.2) is 18.2 Å². The van der Waals surface area contributed by atoms with Crippen molar-refractivity contribution in [2.45, 2.75) is 12.5 Å². The van der Waals surface area contributed by atoms with Gasteiger partial charge in [0, 0.05) is 20.1 Å². The van der Waals surface area contributed by atoms with Crippen LogP contribution in [-0.4, -0.2) is 49.5 Å². The van der Waals surface area contributed by atoms with Crippen LogP contribution in [0.2, 0.25) is 0 Å². The molecule has 1 atom stereocenters. The van der Waals surface area contributed by atoms with Crippen molar-refractivity contribution in [3.05, 3.63) is 23.8 Å². The van der Waals surface area contributed by atoms with Crippen molar-refractivity contribution in [2.75, 3.05) is 32.1 Å². The molecule has 0 saturated carbocycles. The van der Waals surface area contributed by atoms with Gasteiger partial charge in [-0.3, -0.25) is 9.59 Å². The lowest BCUT2D eigenvalue weighted by Gasteiger charge is -2.22. The Morgan fingerprint density at radius 2 is 2.35 bits per heavy atom. The average molecular weight is 275 g/mol. The Morgan fingerprint density at radius 3 is 3.10 bits per heavy atom. The molecule has 1 unspecified atom stereocenters. The maximum absolute atomic E-state index is 12.3. The van der Waals surface area contributed by atoms with Gasteiger partial charge in [-0.25, -0.2) is 0 Å². The number of amides is 2. The average Bonchev–Trinajstić information content (AvgIpc) is 2.78. The monoisotopic (exact) mass is 275 g/mol. The summed E-state index contributed by atoms with van der Waals surface area (Å²) in [5.74, 6) is 0.261. The van der Waals surface area contributed by atoms with Crippen LogP contribution in [0.4, 0.5) is 5.69 Å². The fourth-order valence-corrected chi connectivity index (χ4v) is 2.54. The molecule has 0 radical (unpaired) electrons. The summed E-state index contributed by atoms with van der Waals surface area (Å²) in [6, 6.07) is 4.96. The van der Waals surface area contributed by atoms with Gasteiger partial charge in [0.15, 0.2) is 5.75 Å². The number of hydrogen-bond acceptors (Lipinski definition) is 4. The molecule has 0 aliphatic carbocycles. The molecule has 1 fully saturated rings. The second-order valence-corrected chi connectivity index (χ2v) is 5.03. The van der Waals surface area contributed by atoms with E-state index in [1.165, 1.54) is 0 Å². The van der Waals surface area contributed by atoms with Crippen molar-refractivity contribution < 1.29 is 14.3 Å². The zero-order valence-electron chi connectivity index (χ0n) is 11.3. The van der Waals surface area contributed by atoms with Crippen LogP contribution < -0.4 is 15.4 Å². The number of anilines is 1. The molecule has 0 spiro atoms. The highest BCUT2D eigenvalue weighted by Gasteiger charge is 2.31. The number of rotatable bonds is 2. The quantitative estimate of drug-likeness (QED) is 0.822. The lowest BCUT2D eigenvalue weighted by molar-refractivity contribution is -0.128. The Bertz CT molecular complexity index is 559. The number of nitrogens with one attached hydrogen (secondary N) is 2. The minimum Gasteiger partial charge on any atom is -0.489 e. The van der Waals surface area contributed by atoms with E-state index in [-0.39, 0.29) is 11.8 Å². The minimum atomic E-state index is -0.431. The number of ether oxygens (including phenoxy) is 1. The van der Waals surface area contributed by atoms with Gasteiger partial charge in [-0.05, 0) is 18.6 Å². The number of benzene rings is 1. The largest absolute Gasteiger partial charge is 0.489 e. The van der Waals surface area contributed by atoms with Crippen LogP contribution in [-0.2, 0) is 4.79 Å². The third kappa shape index (κ3) is 2.17. The molecule has 2 heterocycles. The molecule has 2 amide bonds. The van der Waals surface area contributed by atoms with Gasteiger partial charge in [-0.15, -0.1) is 0 Å². The molecular formula is C14H17N3O3. The van der Waals surface area contributed by atoms with Gasteiger partial charge in [-0.1, -0.05) is 6.07 Å². The van der Waals surface area contributed by atoms with E-state index in [9.17, 15) is 9.59 Å². The summed E-state index contributed by atoms with van der Waals surface area (Å²) in [5.41, 5.74) is 1.29. The number of likely N-dealkylation sites (tertiary alicyclic amines) is 1. The summed E-state index contributed by atoms with van der Waals surface area (Å²) in [5, 5.41) is 5.97. The Balaban J connectivity index is 1.79. The van der Waals surface area contributed by atoms with E-state index in [1.807, 2.05) is 6.07 Å². The molecule has 3 rings (SSSR count). The summed E-state index contributed by atoms with van der Waals surface area (Å²) in [6.45, 7) is 1.93. The Morgan fingerprint density at radius 1 is 1.50 bits per heavy atom. The molecular weight excluding hydrogens is 258 g/mol. The van der Waals surface area contributed by atoms with Crippen LogP contribution in [0.3, 0.4) is 0 Å². The molecule has 2 N–H and O–H groups in total. The molecule has 106 valence electrons. The van der Waals surface area contributed by atoms with Crippen LogP contribution in [0.5, 0.6) is 5.75 Å². The normalized spacial score (nSPS) is 20.9. The topological polar surface area (TPSA) is 70.7 Å². The minimum absolute atomic E-state index is 0.0396. The zero-order valence-corrected chi connectivity index (χ0v) is 11.3. The molecule has 6 heteroatoms. The molecule has 1 aromatic rings. The van der Waals surface area contributed by atoms with E-state index >= 15 is 0 Å². The van der Waals surface area contributed by atoms with E-state index in [4.69, 9.17) is 4.74 Å². The lowest BCUT2D eigenvalue weighted by Crippen LogP contribution is -2.40. The van der Waals surface area contributed by atoms with Gasteiger partial charge in [0.25, 0.3) is 5.91 Å². The number of hydrogen-bond donors (Lipinski definition) is 2. The fourth-order valence-electron chi connectivity index (χ4n) is 2.54. The van der Waals surface area contributed by atoms with Crippen molar-refractivity contribution in [1.82, 2.24) is 10.2 Å². The lowest BCUT2D eigenvalue weighted by atomic mass is 10.1. The number of nitrogens with zero attached hydrogens (tertiary/aromatic N) is 1. The summed E-state index contributed by atoms with van der Waals surface area (Å²) in [7, 11) is 1.74. The Hall–Kier alpha value is -2.24. The van der Waals surface area contributed by atoms with Gasteiger partial charge in [0.2, 0.25) is 5.91 Å². The van der Waals surface area contributed by atoms with Crippen LogP contribution in [0.1, 0.15) is 16.8 Å². The molecule has 1 aromatic carbocycles. The number of carbonyl (C=O) groups is 2. The van der Waals surface area contributed by atoms with E-state index in [0.717, 1.165) is 12.2 Å². The SMILES string of the molecule is CN1CCC(NC(=O)c2cccc3c2OCCN3)C1=O. The summed E-state index contributed by atoms with van der Waals surface area (Å²) >= 11 is 0. The predicted octanol–water partition coefficient (Wildman–Crippen LogP) is 0.451. The number of carbonyl (C=O) groups excluding carboxylic acids is 2. The highest BCUT2D eigenvalue weighted by molar-refractivity contribution is 6.01. The second kappa shape index (κ2) is 5.03. The number of para-hydroxylation sites is 1. The van der Waals surface area contributed by atoms with Crippen LogP contribution in [0, 0.1) is 0 Å². The van der Waals surface area contributed by atoms with Crippen molar-refractivity contribution in [3.63, 3.8) is 0 Å². The van der Waals surface area contributed by atoms with Crippen molar-refractivity contribution in [1.29, 1.82) is 0 Å². The Kier molecular flexibility index (Phi) is 3.22. The van der Waals surface area contributed by atoms with Crippen molar-refractivity contribution >= 4 is 17.5 Å². The van der Waals surface area contributed by atoms with Gasteiger partial charge < -0.3 is 20.3 Å². The molecule has 0 aromatic heterocycles. The smallest absolute Gasteiger partial charge is 0.255 e. The van der Waals surface area contributed by atoms with Gasteiger partial charge in [0.05, 0.1) is 11.3 Å². The van der Waals surface area contributed by atoms with E-state index in [1.54, 1.807) is 24.1 Å². The number of likely N-dealkylation sites (N-methyl/N-ethyl adjacent to an activating group) is 1. The first-order valence-electron chi connectivity index (χ1n) is 6.72. The van der Waals surface area contributed by atoms with Crippen LogP contribution in [0.25, 0.3) is 0 Å². The van der Waals surface area contributed by atoms with Gasteiger partial charge >= 0.3 is 0 Å². The molecule has 1 saturated heterocycles. The molecule has 20 heavy (non-hydrogen) atoms. The summed E-state index contributed by atoms with van der Waals surface area (Å²) < 4.78 is 5.57. The first-order chi connectivity index (χ1) is 9.66. The standard InChI is InChI=1S/C14H17N3O3/c1-17-7-5-11(14(17)19)16-13(18)9-3-2-4-10-12(9)20-8-6-15-10/h2-4,11,15H,5-8H2,1H3,(H,16,18). The second-order valence-electron chi connectivity index (χ2n) is 5.03. The molecule has 2 aliphatic rings. The molecule has 6 nitrogen and oxygen atoms in total. The fraction of sp³-hybridized carbons (Fsp3) is 0.429. The van der Waals surface area contributed by atoms with E-state index in [2.05, 4.69) is 10.6 Å². The first-order valence-corrected chi connectivity index (χ1v) is 6.72.